The molecule has 0 saturated carbocycles. The standard InChI is InChI=1S/C31H37Cl2N3O7S/c1-6-16-34-31(38)25(7-2)35(19-21-8-10-22(32)11-9-21)30(37)20-36(26-17-23(33)12-14-27(26)41-3)44(39,40)24-13-15-28(42-4)29(18-24)43-5/h8-15,17-18,25H,6-7,16,19-20H2,1-5H3,(H,34,38). The monoisotopic (exact) mass is 665 g/mol. The zero-order chi connectivity index (χ0) is 32.4. The van der Waals surface area contributed by atoms with Crippen LogP contribution < -0.4 is 23.8 Å². The third-order valence-corrected chi connectivity index (χ3v) is 9.08. The number of hydrogen-bond acceptors (Lipinski definition) is 7. The molecule has 13 heteroatoms. The van der Waals surface area contributed by atoms with Crippen LogP contribution in [-0.4, -0.2) is 65.6 Å². The van der Waals surface area contributed by atoms with Crippen LogP contribution in [-0.2, 0) is 26.2 Å². The van der Waals surface area contributed by atoms with Crippen molar-refractivity contribution in [2.45, 2.75) is 44.2 Å². The topological polar surface area (TPSA) is 114 Å². The average Bonchev–Trinajstić information content (AvgIpc) is 3.02. The molecule has 0 saturated heterocycles. The molecule has 3 rings (SSSR count). The van der Waals surface area contributed by atoms with Crippen LogP contribution in [0.5, 0.6) is 17.2 Å². The molecular formula is C31H37Cl2N3O7S. The first-order valence-electron chi connectivity index (χ1n) is 13.9. The molecule has 0 aliphatic rings. The highest BCUT2D eigenvalue weighted by Crippen LogP contribution is 2.37. The van der Waals surface area contributed by atoms with Crippen LogP contribution >= 0.6 is 23.2 Å². The van der Waals surface area contributed by atoms with Crippen LogP contribution in [0, 0.1) is 0 Å². The molecule has 0 heterocycles. The number of ether oxygens (including phenoxy) is 3. The van der Waals surface area contributed by atoms with E-state index in [4.69, 9.17) is 37.4 Å². The number of halogens is 2. The molecule has 238 valence electrons. The molecule has 0 bridgehead atoms. The summed E-state index contributed by atoms with van der Waals surface area (Å²) in [6.45, 7) is 3.50. The molecule has 3 aromatic rings. The zero-order valence-electron chi connectivity index (χ0n) is 25.3. The van der Waals surface area contributed by atoms with Crippen LogP contribution in [0.3, 0.4) is 0 Å². The lowest BCUT2D eigenvalue weighted by Crippen LogP contribution is -2.52. The lowest BCUT2D eigenvalue weighted by atomic mass is 10.1. The molecule has 10 nitrogen and oxygen atoms in total. The Balaban J connectivity index is 2.16. The van der Waals surface area contributed by atoms with E-state index in [1.807, 2.05) is 6.92 Å². The Bertz CT molecular complexity index is 1550. The van der Waals surface area contributed by atoms with Crippen LogP contribution in [0.2, 0.25) is 10.0 Å². The van der Waals surface area contributed by atoms with Gasteiger partial charge in [-0.25, -0.2) is 8.42 Å². The van der Waals surface area contributed by atoms with E-state index < -0.39 is 28.5 Å². The van der Waals surface area contributed by atoms with Gasteiger partial charge < -0.3 is 24.4 Å². The number of benzene rings is 3. The van der Waals surface area contributed by atoms with E-state index in [1.165, 1.54) is 56.6 Å². The summed E-state index contributed by atoms with van der Waals surface area (Å²) < 4.78 is 45.6. The van der Waals surface area contributed by atoms with Gasteiger partial charge in [-0.15, -0.1) is 0 Å². The van der Waals surface area contributed by atoms with Gasteiger partial charge in [0.1, 0.15) is 18.3 Å². The molecule has 1 N–H and O–H groups in total. The molecule has 2 amide bonds. The molecule has 0 radical (unpaired) electrons. The van der Waals surface area contributed by atoms with Crippen molar-refractivity contribution in [1.82, 2.24) is 10.2 Å². The van der Waals surface area contributed by atoms with Gasteiger partial charge in [0.15, 0.2) is 11.5 Å². The Labute approximate surface area is 268 Å². The smallest absolute Gasteiger partial charge is 0.265 e. The Morgan fingerprint density at radius 3 is 2.05 bits per heavy atom. The summed E-state index contributed by atoms with van der Waals surface area (Å²) >= 11 is 12.4. The Morgan fingerprint density at radius 1 is 0.841 bits per heavy atom. The van der Waals surface area contributed by atoms with Gasteiger partial charge in [0, 0.05) is 29.2 Å². The number of anilines is 1. The number of methoxy groups -OCH3 is 3. The summed E-state index contributed by atoms with van der Waals surface area (Å²) in [6.07, 6.45) is 0.997. The molecule has 0 aliphatic carbocycles. The minimum absolute atomic E-state index is 0.0327. The van der Waals surface area contributed by atoms with Gasteiger partial charge in [-0.2, -0.15) is 0 Å². The number of rotatable bonds is 15. The Morgan fingerprint density at radius 2 is 1.45 bits per heavy atom. The van der Waals surface area contributed by atoms with Crippen molar-refractivity contribution < 1.29 is 32.2 Å². The number of nitrogens with zero attached hydrogens (tertiary/aromatic N) is 2. The predicted molar refractivity (Wildman–Crippen MR) is 171 cm³/mol. The second-order valence-electron chi connectivity index (χ2n) is 9.71. The van der Waals surface area contributed by atoms with E-state index in [2.05, 4.69) is 5.32 Å². The van der Waals surface area contributed by atoms with Crippen LogP contribution in [0.1, 0.15) is 32.3 Å². The van der Waals surface area contributed by atoms with Crippen molar-refractivity contribution in [1.29, 1.82) is 0 Å². The largest absolute Gasteiger partial charge is 0.495 e. The number of carbonyl (C=O) groups is 2. The lowest BCUT2D eigenvalue weighted by Gasteiger charge is -2.33. The van der Waals surface area contributed by atoms with Gasteiger partial charge in [-0.1, -0.05) is 49.2 Å². The van der Waals surface area contributed by atoms with Crippen molar-refractivity contribution in [2.24, 2.45) is 0 Å². The van der Waals surface area contributed by atoms with Gasteiger partial charge in [-0.3, -0.25) is 13.9 Å². The van der Waals surface area contributed by atoms with Crippen molar-refractivity contribution >= 4 is 50.7 Å². The average molecular weight is 667 g/mol. The van der Waals surface area contributed by atoms with E-state index in [1.54, 1.807) is 37.3 Å². The lowest BCUT2D eigenvalue weighted by molar-refractivity contribution is -0.140. The highest BCUT2D eigenvalue weighted by atomic mass is 35.5. The van der Waals surface area contributed by atoms with Crippen LogP contribution in [0.4, 0.5) is 5.69 Å². The van der Waals surface area contributed by atoms with E-state index in [-0.39, 0.29) is 46.0 Å². The molecule has 0 aliphatic heterocycles. The summed E-state index contributed by atoms with van der Waals surface area (Å²) in [5.74, 6) is -0.285. The third-order valence-electron chi connectivity index (χ3n) is 6.83. The second kappa shape index (κ2) is 15.9. The maximum absolute atomic E-state index is 14.3. The maximum atomic E-state index is 14.3. The minimum Gasteiger partial charge on any atom is -0.495 e. The van der Waals surface area contributed by atoms with Gasteiger partial charge >= 0.3 is 0 Å². The van der Waals surface area contributed by atoms with Crippen molar-refractivity contribution in [3.8, 4) is 17.2 Å². The maximum Gasteiger partial charge on any atom is 0.265 e. The van der Waals surface area contributed by atoms with Gasteiger partial charge in [0.25, 0.3) is 10.0 Å². The normalized spacial score (nSPS) is 11.8. The molecule has 0 aromatic heterocycles. The fraction of sp³-hybridized carbons (Fsp3) is 0.355. The molecule has 44 heavy (non-hydrogen) atoms. The number of nitrogens with one attached hydrogen (secondary N) is 1. The zero-order valence-corrected chi connectivity index (χ0v) is 27.6. The quantitative estimate of drug-likeness (QED) is 0.226. The Hall–Kier alpha value is -3.67. The minimum atomic E-state index is -4.44. The summed E-state index contributed by atoms with van der Waals surface area (Å²) in [4.78, 5) is 28.7. The first-order valence-corrected chi connectivity index (χ1v) is 16.1. The van der Waals surface area contributed by atoms with Crippen LogP contribution in [0.15, 0.2) is 65.6 Å². The Kier molecular flexibility index (Phi) is 12.6. The number of hydrogen-bond donors (Lipinski definition) is 1. The number of amides is 2. The van der Waals surface area contributed by atoms with Crippen molar-refractivity contribution in [2.75, 3.05) is 38.7 Å². The van der Waals surface area contributed by atoms with E-state index in [0.717, 1.165) is 4.31 Å². The molecule has 1 atom stereocenters. The second-order valence-corrected chi connectivity index (χ2v) is 12.4. The van der Waals surface area contributed by atoms with Gasteiger partial charge in [0.05, 0.1) is 31.9 Å². The van der Waals surface area contributed by atoms with E-state index in [0.29, 0.717) is 29.3 Å². The fourth-order valence-corrected chi connectivity index (χ4v) is 6.27. The summed E-state index contributed by atoms with van der Waals surface area (Å²) in [6, 6.07) is 14.6. The molecule has 0 fully saturated rings. The number of sulfonamides is 1. The highest BCUT2D eigenvalue weighted by Gasteiger charge is 2.35. The first-order chi connectivity index (χ1) is 21.0. The SMILES string of the molecule is CCCNC(=O)C(CC)N(Cc1ccc(Cl)cc1)C(=O)CN(c1cc(Cl)ccc1OC)S(=O)(=O)c1ccc(OC)c(OC)c1. The highest BCUT2D eigenvalue weighted by molar-refractivity contribution is 7.92. The van der Waals surface area contributed by atoms with Gasteiger partial charge in [0.2, 0.25) is 11.8 Å². The van der Waals surface area contributed by atoms with E-state index in [9.17, 15) is 18.0 Å². The van der Waals surface area contributed by atoms with Crippen LogP contribution in [0.25, 0.3) is 0 Å². The fourth-order valence-electron chi connectivity index (χ4n) is 4.55. The molecular weight excluding hydrogens is 629 g/mol. The molecule has 0 spiro atoms. The summed E-state index contributed by atoms with van der Waals surface area (Å²) in [5.41, 5.74) is 0.747. The third kappa shape index (κ3) is 8.28. The van der Waals surface area contributed by atoms with E-state index >= 15 is 0 Å². The predicted octanol–water partition coefficient (Wildman–Crippen LogP) is 5.55. The van der Waals surface area contributed by atoms with Gasteiger partial charge in [-0.05, 0) is 60.9 Å². The molecule has 3 aromatic carbocycles. The van der Waals surface area contributed by atoms with Crippen molar-refractivity contribution in [3.05, 3.63) is 76.3 Å². The van der Waals surface area contributed by atoms with Crippen molar-refractivity contribution in [3.63, 3.8) is 0 Å². The number of carbonyl (C=O) groups excluding carboxylic acids is 2. The summed E-state index contributed by atoms with van der Waals surface area (Å²) in [7, 11) is -0.237. The first kappa shape index (κ1) is 34.8. The molecule has 1 unspecified atom stereocenters. The summed E-state index contributed by atoms with van der Waals surface area (Å²) in [5, 5.41) is 3.59.